The molecule has 1 spiro atoms. The molecule has 5 heteroatoms. The number of aromatic nitrogens is 3. The molecule has 0 saturated heterocycles. The van der Waals surface area contributed by atoms with Crippen LogP contribution in [0.2, 0.25) is 0 Å². The number of hydrogen-bond acceptors (Lipinski definition) is 3. The molecule has 0 unspecified atom stereocenters. The van der Waals surface area contributed by atoms with Crippen molar-refractivity contribution in [2.24, 2.45) is 5.92 Å². The summed E-state index contributed by atoms with van der Waals surface area (Å²) in [4.78, 5) is 10.5. The number of nitrogens with zero attached hydrogens (tertiary/aromatic N) is 5. The van der Waals surface area contributed by atoms with Gasteiger partial charge in [-0.15, -0.1) is 0 Å². The van der Waals surface area contributed by atoms with Crippen molar-refractivity contribution >= 4 is 33.5 Å². The zero-order valence-corrected chi connectivity index (χ0v) is 17.7. The number of rotatable bonds is 0. The van der Waals surface area contributed by atoms with Crippen LogP contribution in [0.5, 0.6) is 0 Å². The van der Waals surface area contributed by atoms with Gasteiger partial charge in [-0.2, -0.15) is 0 Å². The van der Waals surface area contributed by atoms with E-state index in [1.807, 2.05) is 0 Å². The Labute approximate surface area is 175 Å². The van der Waals surface area contributed by atoms with Crippen LogP contribution in [-0.4, -0.2) is 32.1 Å². The lowest BCUT2D eigenvalue weighted by Gasteiger charge is -2.52. The van der Waals surface area contributed by atoms with E-state index < -0.39 is 0 Å². The van der Waals surface area contributed by atoms with Crippen LogP contribution < -0.4 is 4.90 Å². The molecule has 3 aliphatic carbocycles. The summed E-state index contributed by atoms with van der Waals surface area (Å²) >= 11 is 0. The monoisotopic (exact) mass is 395 g/mol. The highest BCUT2D eigenvalue weighted by Crippen LogP contribution is 2.62. The van der Waals surface area contributed by atoms with Crippen molar-refractivity contribution in [2.45, 2.75) is 51.2 Å². The van der Waals surface area contributed by atoms with Crippen molar-refractivity contribution in [3.63, 3.8) is 0 Å². The zero-order valence-electron chi connectivity index (χ0n) is 17.7. The van der Waals surface area contributed by atoms with E-state index in [0.717, 1.165) is 11.3 Å². The molecular formula is C25H25N5. The van der Waals surface area contributed by atoms with Gasteiger partial charge in [0.25, 0.3) is 0 Å². The maximum absolute atomic E-state index is 5.21. The van der Waals surface area contributed by atoms with Crippen LogP contribution in [0.15, 0.2) is 47.8 Å². The lowest BCUT2D eigenvalue weighted by molar-refractivity contribution is 0.166. The van der Waals surface area contributed by atoms with Crippen LogP contribution >= 0.6 is 0 Å². The Bertz CT molecular complexity index is 1460. The van der Waals surface area contributed by atoms with Gasteiger partial charge < -0.3 is 9.80 Å². The third-order valence-electron chi connectivity index (χ3n) is 8.65. The summed E-state index contributed by atoms with van der Waals surface area (Å²) in [6.45, 7) is 4.65. The Kier molecular flexibility index (Phi) is 2.47. The van der Waals surface area contributed by atoms with E-state index in [2.05, 4.69) is 76.1 Å². The smallest absolute Gasteiger partial charge is 0.216 e. The van der Waals surface area contributed by atoms with Gasteiger partial charge in [-0.25, -0.2) is 4.98 Å². The third kappa shape index (κ3) is 1.42. The molecule has 2 aromatic heterocycles. The van der Waals surface area contributed by atoms with Gasteiger partial charge in [-0.05, 0) is 63.3 Å². The fourth-order valence-electron chi connectivity index (χ4n) is 7.31. The van der Waals surface area contributed by atoms with Crippen LogP contribution in [-0.2, 0) is 5.54 Å². The first-order valence-corrected chi connectivity index (χ1v) is 11.3. The van der Waals surface area contributed by atoms with Crippen molar-refractivity contribution in [3.8, 4) is 0 Å². The van der Waals surface area contributed by atoms with Gasteiger partial charge in [-0.3, -0.25) is 8.97 Å². The molecule has 150 valence electrons. The second-order valence-electron chi connectivity index (χ2n) is 9.82. The summed E-state index contributed by atoms with van der Waals surface area (Å²) < 4.78 is 5.08. The van der Waals surface area contributed by atoms with Crippen LogP contribution in [0.3, 0.4) is 0 Å². The van der Waals surface area contributed by atoms with E-state index in [1.54, 1.807) is 11.4 Å². The lowest BCUT2D eigenvalue weighted by Crippen LogP contribution is -2.51. The fourth-order valence-corrected chi connectivity index (χ4v) is 7.31. The predicted octanol–water partition coefficient (Wildman–Crippen LogP) is 4.97. The lowest BCUT2D eigenvalue weighted by atomic mass is 9.65. The van der Waals surface area contributed by atoms with Crippen molar-refractivity contribution in [1.82, 2.24) is 18.9 Å². The highest BCUT2D eigenvalue weighted by molar-refractivity contribution is 6.01. The molecule has 0 radical (unpaired) electrons. The Balaban J connectivity index is 1.66. The number of fused-ring (bicyclic) bond motifs is 8. The van der Waals surface area contributed by atoms with Crippen molar-refractivity contribution in [3.05, 3.63) is 53.4 Å². The van der Waals surface area contributed by atoms with E-state index in [9.17, 15) is 0 Å². The van der Waals surface area contributed by atoms with Crippen molar-refractivity contribution in [1.29, 1.82) is 0 Å². The van der Waals surface area contributed by atoms with E-state index >= 15 is 0 Å². The highest BCUT2D eigenvalue weighted by Gasteiger charge is 2.59. The first kappa shape index (κ1) is 15.8. The molecule has 0 amide bonds. The number of imidazole rings is 2. The predicted molar refractivity (Wildman–Crippen MR) is 120 cm³/mol. The highest BCUT2D eigenvalue weighted by atomic mass is 15.5. The van der Waals surface area contributed by atoms with Gasteiger partial charge >= 0.3 is 0 Å². The van der Waals surface area contributed by atoms with E-state index in [1.165, 1.54) is 53.5 Å². The molecule has 2 aliphatic heterocycles. The van der Waals surface area contributed by atoms with Crippen molar-refractivity contribution in [2.75, 3.05) is 11.9 Å². The number of allylic oxidation sites excluding steroid dienone is 2. The largest absolute Gasteiger partial charge is 0.356 e. The molecule has 1 fully saturated rings. The zero-order chi connectivity index (χ0) is 19.9. The molecule has 4 aromatic rings. The van der Waals surface area contributed by atoms with Crippen LogP contribution in [0.1, 0.15) is 38.2 Å². The summed E-state index contributed by atoms with van der Waals surface area (Å²) in [6.07, 6.45) is 5.39. The first-order chi connectivity index (χ1) is 14.6. The quantitative estimate of drug-likeness (QED) is 0.421. The molecule has 4 heterocycles. The van der Waals surface area contributed by atoms with Crippen molar-refractivity contribution < 1.29 is 0 Å². The van der Waals surface area contributed by atoms with E-state index in [0.29, 0.717) is 12.1 Å². The SMILES string of the molecule is Cc1ccc2c3c1N1C4=C(C5CCC4(CC5)n3c3nc4ccccc4n23)N(C)[C@@H]1C. The average molecular weight is 396 g/mol. The molecule has 1 atom stereocenters. The number of hydrogen-bond donors (Lipinski definition) is 0. The van der Waals surface area contributed by atoms with E-state index in [-0.39, 0.29) is 5.54 Å². The second kappa shape index (κ2) is 4.69. The minimum atomic E-state index is 0.0360. The molecule has 5 nitrogen and oxygen atoms in total. The topological polar surface area (TPSA) is 28.7 Å². The Morgan fingerprint density at radius 1 is 1.03 bits per heavy atom. The molecule has 30 heavy (non-hydrogen) atoms. The third-order valence-corrected chi connectivity index (χ3v) is 8.65. The molecule has 9 rings (SSSR count). The van der Waals surface area contributed by atoms with Gasteiger partial charge in [0.1, 0.15) is 6.17 Å². The van der Waals surface area contributed by atoms with Gasteiger partial charge in [0, 0.05) is 18.7 Å². The number of para-hydroxylation sites is 2. The van der Waals surface area contributed by atoms with E-state index in [4.69, 9.17) is 4.98 Å². The molecule has 1 saturated carbocycles. The van der Waals surface area contributed by atoms with Gasteiger partial charge in [0.05, 0.1) is 39.0 Å². The van der Waals surface area contributed by atoms with Crippen LogP contribution in [0.25, 0.3) is 27.8 Å². The summed E-state index contributed by atoms with van der Waals surface area (Å²) in [5.74, 6) is 1.83. The number of benzene rings is 2. The van der Waals surface area contributed by atoms with Gasteiger partial charge in [0.2, 0.25) is 5.78 Å². The first-order valence-electron chi connectivity index (χ1n) is 11.3. The minimum absolute atomic E-state index is 0.0360. The minimum Gasteiger partial charge on any atom is -0.356 e. The number of anilines is 1. The Morgan fingerprint density at radius 3 is 2.67 bits per heavy atom. The maximum atomic E-state index is 5.21. The Morgan fingerprint density at radius 2 is 1.83 bits per heavy atom. The Hall–Kier alpha value is -2.95. The molecule has 2 aromatic carbocycles. The summed E-state index contributed by atoms with van der Waals surface area (Å²) in [5.41, 5.74) is 11.0. The maximum Gasteiger partial charge on any atom is 0.216 e. The molecular weight excluding hydrogens is 370 g/mol. The van der Waals surface area contributed by atoms with Crippen LogP contribution in [0, 0.1) is 12.8 Å². The normalized spacial score (nSPS) is 29.2. The fraction of sp³-hybridized carbons (Fsp3) is 0.400. The molecule has 5 aliphatic rings. The summed E-state index contributed by atoms with van der Waals surface area (Å²) in [5, 5.41) is 0. The molecule has 2 bridgehead atoms. The summed E-state index contributed by atoms with van der Waals surface area (Å²) in [7, 11) is 2.31. The molecule has 0 N–H and O–H groups in total. The number of aryl methyl sites for hydroxylation is 1. The van der Waals surface area contributed by atoms with Gasteiger partial charge in [0.15, 0.2) is 0 Å². The van der Waals surface area contributed by atoms with Gasteiger partial charge in [-0.1, -0.05) is 18.2 Å². The van der Waals surface area contributed by atoms with Crippen LogP contribution in [0.4, 0.5) is 5.69 Å². The second-order valence-corrected chi connectivity index (χ2v) is 9.82. The summed E-state index contributed by atoms with van der Waals surface area (Å²) in [6, 6.07) is 13.2. The standard InChI is InChI=1S/C25H25N5/c1-14-8-9-19-22-20(14)28-15(2)27(3)21-16-10-12-25(13-11-16,23(21)28)30(22)24-26-17-6-4-5-7-18(17)29(19)24/h4-9,15-16H,10-13H2,1-3H3/t15-,16?,25?/m0/s1. The average Bonchev–Trinajstić information content (AvgIpc) is 3.38.